The molecule has 0 saturated carbocycles. The van der Waals surface area contributed by atoms with Gasteiger partial charge in [0.2, 0.25) is 5.91 Å². The van der Waals surface area contributed by atoms with Gasteiger partial charge in [0.1, 0.15) is 5.82 Å². The first-order valence-electron chi connectivity index (χ1n) is 10.2. The number of nitrogens with one attached hydrogen (secondary N) is 1. The van der Waals surface area contributed by atoms with Crippen LogP contribution >= 0.6 is 11.8 Å². The van der Waals surface area contributed by atoms with E-state index in [2.05, 4.69) is 4.98 Å². The van der Waals surface area contributed by atoms with Gasteiger partial charge in [-0.3, -0.25) is 19.1 Å². The van der Waals surface area contributed by atoms with Crippen LogP contribution in [-0.2, 0) is 11.3 Å². The molecule has 3 aromatic rings. The van der Waals surface area contributed by atoms with E-state index in [4.69, 9.17) is 5.73 Å². The number of carbonyl (C=O) groups is 1. The largest absolute Gasteiger partial charge is 0.383 e. The number of nitrogens with zero attached hydrogens (tertiary/aromatic N) is 2. The number of thioether (sulfide) groups is 1. The molecule has 0 radical (unpaired) electrons. The molecule has 0 aliphatic heterocycles. The highest BCUT2D eigenvalue weighted by Crippen LogP contribution is 2.24. The Morgan fingerprint density at radius 2 is 1.82 bits per heavy atom. The molecule has 0 spiro atoms. The molecule has 2 aromatic carbocycles. The van der Waals surface area contributed by atoms with Crippen LogP contribution in [0.4, 0.5) is 20.3 Å². The molecule has 3 rings (SSSR count). The highest BCUT2D eigenvalue weighted by Gasteiger charge is 2.25. The Kier molecular flexibility index (Phi) is 7.70. The van der Waals surface area contributed by atoms with Gasteiger partial charge in [-0.25, -0.2) is 13.6 Å². The van der Waals surface area contributed by atoms with Gasteiger partial charge >= 0.3 is 5.69 Å². The van der Waals surface area contributed by atoms with Gasteiger partial charge in [-0.05, 0) is 29.7 Å². The summed E-state index contributed by atoms with van der Waals surface area (Å²) in [6.07, 6.45) is 0. The molecular weight excluding hydrogens is 450 g/mol. The number of H-pyrrole nitrogens is 1. The number of hydrogen-bond donors (Lipinski definition) is 2. The van der Waals surface area contributed by atoms with E-state index in [-0.39, 0.29) is 36.3 Å². The molecule has 0 unspecified atom stereocenters. The normalized spacial score (nSPS) is 11.1. The molecule has 0 aliphatic carbocycles. The molecule has 33 heavy (non-hydrogen) atoms. The van der Waals surface area contributed by atoms with E-state index in [0.717, 1.165) is 29.5 Å². The summed E-state index contributed by atoms with van der Waals surface area (Å²) in [5.41, 5.74) is 5.47. The lowest BCUT2D eigenvalue weighted by Crippen LogP contribution is -2.43. The standard InChI is InChI=1S/C23H24F2N4O3S/c1-14(2)11-28(19(30)13-33-16-8-9-17(24)18(25)10-16)20-21(26)29(23(32)27-22(20)31)12-15-6-4-3-5-7-15/h3-10,14H,11-13,26H2,1-2H3,(H,27,31,32). The van der Waals surface area contributed by atoms with Crippen molar-refractivity contribution in [3.8, 4) is 0 Å². The topological polar surface area (TPSA) is 101 Å². The molecule has 1 amide bonds. The van der Waals surface area contributed by atoms with Crippen molar-refractivity contribution in [3.05, 3.63) is 86.6 Å². The molecule has 1 aromatic heterocycles. The zero-order valence-electron chi connectivity index (χ0n) is 18.2. The number of anilines is 2. The smallest absolute Gasteiger partial charge is 0.330 e. The van der Waals surface area contributed by atoms with Crippen LogP contribution in [0, 0.1) is 17.6 Å². The van der Waals surface area contributed by atoms with Crippen LogP contribution in [0.3, 0.4) is 0 Å². The first kappa shape index (κ1) is 24.2. The molecule has 0 aliphatic rings. The molecule has 0 fully saturated rings. The van der Waals surface area contributed by atoms with E-state index in [0.29, 0.717) is 4.90 Å². The van der Waals surface area contributed by atoms with Crippen LogP contribution in [0.25, 0.3) is 0 Å². The second-order valence-corrected chi connectivity index (χ2v) is 8.88. The monoisotopic (exact) mass is 474 g/mol. The van der Waals surface area contributed by atoms with Crippen molar-refractivity contribution in [2.45, 2.75) is 25.3 Å². The average molecular weight is 475 g/mol. The lowest BCUT2D eigenvalue weighted by molar-refractivity contribution is -0.116. The van der Waals surface area contributed by atoms with Crippen LogP contribution in [0.5, 0.6) is 0 Å². The van der Waals surface area contributed by atoms with Gasteiger partial charge < -0.3 is 10.6 Å². The van der Waals surface area contributed by atoms with Crippen LogP contribution < -0.4 is 21.9 Å². The number of hydrogen-bond acceptors (Lipinski definition) is 5. The van der Waals surface area contributed by atoms with Crippen LogP contribution in [0.2, 0.25) is 0 Å². The van der Waals surface area contributed by atoms with Crippen molar-refractivity contribution < 1.29 is 13.6 Å². The van der Waals surface area contributed by atoms with Crippen molar-refractivity contribution in [2.24, 2.45) is 5.92 Å². The number of aromatic nitrogens is 2. The zero-order valence-corrected chi connectivity index (χ0v) is 19.0. The predicted molar refractivity (Wildman–Crippen MR) is 126 cm³/mol. The molecule has 7 nitrogen and oxygen atoms in total. The Labute approximate surface area is 193 Å². The van der Waals surface area contributed by atoms with E-state index >= 15 is 0 Å². The number of halogens is 2. The number of nitrogens with two attached hydrogens (primary N) is 1. The van der Waals surface area contributed by atoms with E-state index in [1.54, 1.807) is 0 Å². The van der Waals surface area contributed by atoms with Crippen molar-refractivity contribution in [2.75, 3.05) is 22.9 Å². The summed E-state index contributed by atoms with van der Waals surface area (Å²) in [7, 11) is 0. The van der Waals surface area contributed by atoms with Crippen LogP contribution in [0.15, 0.2) is 63.0 Å². The van der Waals surface area contributed by atoms with Gasteiger partial charge in [-0.1, -0.05) is 44.2 Å². The number of benzene rings is 2. The third kappa shape index (κ3) is 5.89. The summed E-state index contributed by atoms with van der Waals surface area (Å²) in [6.45, 7) is 4.02. The molecule has 174 valence electrons. The lowest BCUT2D eigenvalue weighted by Gasteiger charge is -2.26. The highest BCUT2D eigenvalue weighted by atomic mass is 32.2. The third-order valence-electron chi connectivity index (χ3n) is 4.77. The summed E-state index contributed by atoms with van der Waals surface area (Å²) in [6, 6.07) is 12.4. The number of rotatable bonds is 8. The lowest BCUT2D eigenvalue weighted by atomic mass is 10.2. The Morgan fingerprint density at radius 3 is 2.45 bits per heavy atom. The minimum atomic E-state index is -1.01. The SMILES string of the molecule is CC(C)CN(C(=O)CSc1ccc(F)c(F)c1)c1c(N)n(Cc2ccccc2)c(=O)[nH]c1=O. The fraction of sp³-hybridized carbons (Fsp3) is 0.261. The summed E-state index contributed by atoms with van der Waals surface area (Å²) in [4.78, 5) is 42.1. The van der Waals surface area contributed by atoms with Crippen molar-refractivity contribution in [1.29, 1.82) is 0 Å². The fourth-order valence-corrected chi connectivity index (χ4v) is 4.03. The number of nitrogen functional groups attached to an aromatic ring is 1. The molecule has 0 atom stereocenters. The summed E-state index contributed by atoms with van der Waals surface area (Å²) >= 11 is 1.00. The minimum absolute atomic E-state index is 0.0180. The van der Waals surface area contributed by atoms with Crippen molar-refractivity contribution in [3.63, 3.8) is 0 Å². The predicted octanol–water partition coefficient (Wildman–Crippen LogP) is 3.23. The quantitative estimate of drug-likeness (QED) is 0.488. The van der Waals surface area contributed by atoms with Gasteiger partial charge in [-0.15, -0.1) is 11.8 Å². The molecule has 3 N–H and O–H groups in total. The maximum absolute atomic E-state index is 13.5. The molecule has 0 bridgehead atoms. The summed E-state index contributed by atoms with van der Waals surface area (Å²) < 4.78 is 27.9. The average Bonchev–Trinajstić information content (AvgIpc) is 2.77. The highest BCUT2D eigenvalue weighted by molar-refractivity contribution is 8.00. The van der Waals surface area contributed by atoms with Gasteiger partial charge in [-0.2, -0.15) is 0 Å². The fourth-order valence-electron chi connectivity index (χ4n) is 3.23. The Morgan fingerprint density at radius 1 is 1.12 bits per heavy atom. The first-order valence-corrected chi connectivity index (χ1v) is 11.2. The second-order valence-electron chi connectivity index (χ2n) is 7.83. The van der Waals surface area contributed by atoms with Crippen LogP contribution in [-0.4, -0.2) is 27.8 Å². The van der Waals surface area contributed by atoms with Gasteiger partial charge in [0.15, 0.2) is 17.3 Å². The maximum atomic E-state index is 13.5. The van der Waals surface area contributed by atoms with Gasteiger partial charge in [0.25, 0.3) is 5.56 Å². The zero-order chi connectivity index (χ0) is 24.1. The van der Waals surface area contributed by atoms with E-state index in [1.165, 1.54) is 15.5 Å². The molecule has 10 heteroatoms. The van der Waals surface area contributed by atoms with E-state index in [9.17, 15) is 23.2 Å². The Bertz CT molecular complexity index is 1260. The first-order chi connectivity index (χ1) is 15.7. The van der Waals surface area contributed by atoms with E-state index in [1.807, 2.05) is 44.2 Å². The van der Waals surface area contributed by atoms with Gasteiger partial charge in [0.05, 0.1) is 12.3 Å². The van der Waals surface area contributed by atoms with Crippen molar-refractivity contribution in [1.82, 2.24) is 9.55 Å². The summed E-state index contributed by atoms with van der Waals surface area (Å²) in [5.74, 6) is -2.74. The Balaban J connectivity index is 1.94. The number of aromatic amines is 1. The molecular formula is C23H24F2N4O3S. The van der Waals surface area contributed by atoms with Gasteiger partial charge in [0, 0.05) is 11.4 Å². The minimum Gasteiger partial charge on any atom is -0.383 e. The third-order valence-corrected chi connectivity index (χ3v) is 5.75. The molecule has 1 heterocycles. The second kappa shape index (κ2) is 10.5. The Hall–Kier alpha value is -3.40. The number of amides is 1. The number of carbonyl (C=O) groups excluding carboxylic acids is 1. The molecule has 0 saturated heterocycles. The maximum Gasteiger partial charge on any atom is 0.330 e. The van der Waals surface area contributed by atoms with E-state index < -0.39 is 28.8 Å². The summed E-state index contributed by atoms with van der Waals surface area (Å²) in [5, 5.41) is 0. The van der Waals surface area contributed by atoms with Crippen LogP contribution in [0.1, 0.15) is 19.4 Å². The van der Waals surface area contributed by atoms with Crippen molar-refractivity contribution >= 4 is 29.2 Å².